The van der Waals surface area contributed by atoms with E-state index in [1.165, 1.54) is 32.1 Å². The predicted octanol–water partition coefficient (Wildman–Crippen LogP) is 1.92. The van der Waals surface area contributed by atoms with Crippen molar-refractivity contribution in [1.29, 1.82) is 0 Å². The first kappa shape index (κ1) is 9.71. The molecule has 1 aliphatic rings. The van der Waals surface area contributed by atoms with Gasteiger partial charge in [0.15, 0.2) is 0 Å². The van der Waals surface area contributed by atoms with Gasteiger partial charge in [-0.25, -0.2) is 4.98 Å². The van der Waals surface area contributed by atoms with Crippen LogP contribution in [0.3, 0.4) is 0 Å². The minimum Gasteiger partial charge on any atom is -0.333 e. The van der Waals surface area contributed by atoms with E-state index < -0.39 is 0 Å². The van der Waals surface area contributed by atoms with E-state index in [2.05, 4.69) is 9.55 Å². The van der Waals surface area contributed by atoms with Crippen molar-refractivity contribution >= 4 is 0 Å². The number of aromatic nitrogens is 2. The fourth-order valence-electron chi connectivity index (χ4n) is 2.33. The second kappa shape index (κ2) is 4.60. The quantitative estimate of drug-likeness (QED) is 0.797. The van der Waals surface area contributed by atoms with Crippen LogP contribution in [-0.2, 0) is 13.1 Å². The first-order valence-corrected chi connectivity index (χ1v) is 5.59. The number of hydrogen-bond acceptors (Lipinski definition) is 2. The van der Waals surface area contributed by atoms with Gasteiger partial charge in [-0.2, -0.15) is 0 Å². The van der Waals surface area contributed by atoms with E-state index in [9.17, 15) is 0 Å². The summed E-state index contributed by atoms with van der Waals surface area (Å²) in [6.45, 7) is 1.72. The molecule has 2 rings (SSSR count). The number of hydrogen-bond donors (Lipinski definition) is 1. The molecule has 0 unspecified atom stereocenters. The molecule has 1 saturated carbocycles. The van der Waals surface area contributed by atoms with Crippen LogP contribution in [0.2, 0.25) is 0 Å². The van der Waals surface area contributed by atoms with E-state index in [4.69, 9.17) is 5.73 Å². The second-order valence-electron chi connectivity index (χ2n) is 4.25. The van der Waals surface area contributed by atoms with Crippen LogP contribution in [0.5, 0.6) is 0 Å². The molecule has 1 aliphatic carbocycles. The number of nitrogens with zero attached hydrogens (tertiary/aromatic N) is 2. The molecule has 0 atom stereocenters. The molecule has 0 bridgehead atoms. The van der Waals surface area contributed by atoms with Gasteiger partial charge < -0.3 is 10.3 Å². The van der Waals surface area contributed by atoms with Gasteiger partial charge >= 0.3 is 0 Å². The summed E-state index contributed by atoms with van der Waals surface area (Å²) >= 11 is 0. The first-order valence-electron chi connectivity index (χ1n) is 5.59. The monoisotopic (exact) mass is 193 g/mol. The number of rotatable bonds is 3. The van der Waals surface area contributed by atoms with E-state index in [1.54, 1.807) is 0 Å². The molecule has 78 valence electrons. The molecule has 1 heterocycles. The summed E-state index contributed by atoms with van der Waals surface area (Å²) in [6.07, 6.45) is 10.8. The van der Waals surface area contributed by atoms with Crippen molar-refractivity contribution in [3.63, 3.8) is 0 Å². The zero-order valence-corrected chi connectivity index (χ0v) is 8.65. The van der Waals surface area contributed by atoms with Crippen molar-refractivity contribution in [2.75, 3.05) is 0 Å². The molecule has 1 aromatic rings. The van der Waals surface area contributed by atoms with Gasteiger partial charge in [-0.1, -0.05) is 19.3 Å². The third-order valence-electron chi connectivity index (χ3n) is 3.19. The van der Waals surface area contributed by atoms with Gasteiger partial charge in [-0.3, -0.25) is 0 Å². The molecule has 0 amide bonds. The summed E-state index contributed by atoms with van der Waals surface area (Å²) in [5, 5.41) is 0. The molecule has 0 saturated heterocycles. The Kier molecular flexibility index (Phi) is 3.19. The van der Waals surface area contributed by atoms with Crippen LogP contribution < -0.4 is 5.73 Å². The Labute approximate surface area is 85.3 Å². The fraction of sp³-hybridized carbons (Fsp3) is 0.727. The van der Waals surface area contributed by atoms with Crippen molar-refractivity contribution in [2.45, 2.75) is 45.2 Å². The average molecular weight is 193 g/mol. The lowest BCUT2D eigenvalue weighted by molar-refractivity contribution is 0.316. The Morgan fingerprint density at radius 3 is 2.86 bits per heavy atom. The Morgan fingerprint density at radius 2 is 2.14 bits per heavy atom. The third kappa shape index (κ3) is 2.15. The zero-order chi connectivity index (χ0) is 9.80. The van der Waals surface area contributed by atoms with E-state index in [0.29, 0.717) is 6.54 Å². The van der Waals surface area contributed by atoms with Gasteiger partial charge in [-0.15, -0.1) is 0 Å². The molecule has 1 aromatic heterocycles. The lowest BCUT2D eigenvalue weighted by atomic mass is 9.89. The third-order valence-corrected chi connectivity index (χ3v) is 3.19. The van der Waals surface area contributed by atoms with Crippen molar-refractivity contribution in [1.82, 2.24) is 9.55 Å². The molecule has 0 aromatic carbocycles. The Morgan fingerprint density at radius 1 is 1.36 bits per heavy atom. The summed E-state index contributed by atoms with van der Waals surface area (Å²) in [5.74, 6) is 0.850. The highest BCUT2D eigenvalue weighted by molar-refractivity contribution is 4.97. The van der Waals surface area contributed by atoms with Crippen LogP contribution in [0.1, 0.15) is 37.8 Å². The van der Waals surface area contributed by atoms with Crippen LogP contribution in [0.25, 0.3) is 0 Å². The molecule has 0 radical (unpaired) electrons. The minimum absolute atomic E-state index is 0.604. The van der Waals surface area contributed by atoms with Crippen molar-refractivity contribution < 1.29 is 0 Å². The van der Waals surface area contributed by atoms with E-state index >= 15 is 0 Å². The van der Waals surface area contributed by atoms with Gasteiger partial charge in [0.2, 0.25) is 0 Å². The molecule has 0 aliphatic heterocycles. The molecule has 1 fully saturated rings. The molecular weight excluding hydrogens is 174 g/mol. The maximum absolute atomic E-state index is 5.64. The Balaban J connectivity index is 1.95. The molecule has 3 heteroatoms. The largest absolute Gasteiger partial charge is 0.333 e. The molecular formula is C11H19N3. The van der Waals surface area contributed by atoms with Gasteiger partial charge in [0.25, 0.3) is 0 Å². The highest BCUT2D eigenvalue weighted by Crippen LogP contribution is 2.25. The van der Waals surface area contributed by atoms with Crippen LogP contribution in [0, 0.1) is 5.92 Å². The SMILES string of the molecule is NCc1cncn1CC1CCCCC1. The molecule has 2 N–H and O–H groups in total. The second-order valence-corrected chi connectivity index (χ2v) is 4.25. The first-order chi connectivity index (χ1) is 6.90. The summed E-state index contributed by atoms with van der Waals surface area (Å²) in [7, 11) is 0. The predicted molar refractivity (Wildman–Crippen MR) is 56.7 cm³/mol. The fourth-order valence-corrected chi connectivity index (χ4v) is 2.33. The van der Waals surface area contributed by atoms with Crippen LogP contribution in [-0.4, -0.2) is 9.55 Å². The molecule has 3 nitrogen and oxygen atoms in total. The Bertz CT molecular complexity index is 274. The van der Waals surface area contributed by atoms with E-state index in [-0.39, 0.29) is 0 Å². The highest BCUT2D eigenvalue weighted by atomic mass is 15.1. The Hall–Kier alpha value is -0.830. The topological polar surface area (TPSA) is 43.8 Å². The highest BCUT2D eigenvalue weighted by Gasteiger charge is 2.14. The lowest BCUT2D eigenvalue weighted by Crippen LogP contribution is -2.16. The van der Waals surface area contributed by atoms with Crippen molar-refractivity contribution in [3.8, 4) is 0 Å². The number of imidazole rings is 1. The van der Waals surface area contributed by atoms with Gasteiger partial charge in [0.1, 0.15) is 0 Å². The summed E-state index contributed by atoms with van der Waals surface area (Å²) in [5.41, 5.74) is 6.80. The van der Waals surface area contributed by atoms with Gasteiger partial charge in [0.05, 0.1) is 12.0 Å². The summed E-state index contributed by atoms with van der Waals surface area (Å²) < 4.78 is 2.22. The lowest BCUT2D eigenvalue weighted by Gasteiger charge is -2.22. The van der Waals surface area contributed by atoms with Crippen LogP contribution in [0.4, 0.5) is 0 Å². The van der Waals surface area contributed by atoms with E-state index in [0.717, 1.165) is 18.2 Å². The van der Waals surface area contributed by atoms with Gasteiger partial charge in [-0.05, 0) is 18.8 Å². The summed E-state index contributed by atoms with van der Waals surface area (Å²) in [6, 6.07) is 0. The summed E-state index contributed by atoms with van der Waals surface area (Å²) in [4.78, 5) is 4.14. The zero-order valence-electron chi connectivity index (χ0n) is 8.65. The molecule has 0 spiro atoms. The minimum atomic E-state index is 0.604. The number of nitrogens with two attached hydrogens (primary N) is 1. The van der Waals surface area contributed by atoms with Crippen molar-refractivity contribution in [2.24, 2.45) is 11.7 Å². The normalized spacial score (nSPS) is 18.6. The average Bonchev–Trinajstić information content (AvgIpc) is 2.67. The smallest absolute Gasteiger partial charge is 0.0948 e. The van der Waals surface area contributed by atoms with Crippen LogP contribution >= 0.6 is 0 Å². The maximum Gasteiger partial charge on any atom is 0.0948 e. The maximum atomic E-state index is 5.64. The molecule has 14 heavy (non-hydrogen) atoms. The van der Waals surface area contributed by atoms with Crippen LogP contribution in [0.15, 0.2) is 12.5 Å². The standard InChI is InChI=1S/C11H19N3/c12-6-11-7-13-9-14(11)8-10-4-2-1-3-5-10/h7,9-10H,1-6,8,12H2. The van der Waals surface area contributed by atoms with Crippen molar-refractivity contribution in [3.05, 3.63) is 18.2 Å². The van der Waals surface area contributed by atoms with E-state index in [1.807, 2.05) is 12.5 Å². The van der Waals surface area contributed by atoms with Gasteiger partial charge in [0, 0.05) is 19.3 Å².